The molecule has 0 spiro atoms. The van der Waals surface area contributed by atoms with Gasteiger partial charge in [0.15, 0.2) is 0 Å². The van der Waals surface area contributed by atoms with Gasteiger partial charge in [0.25, 0.3) is 15.9 Å². The number of anilines is 1. The van der Waals surface area contributed by atoms with E-state index in [1.807, 2.05) is 18.2 Å². The van der Waals surface area contributed by atoms with E-state index in [0.29, 0.717) is 11.3 Å². The predicted octanol–water partition coefficient (Wildman–Crippen LogP) is 4.69. The van der Waals surface area contributed by atoms with Crippen molar-refractivity contribution in [3.05, 3.63) is 114 Å². The van der Waals surface area contributed by atoms with Gasteiger partial charge in [0.05, 0.1) is 17.7 Å². The third-order valence-electron chi connectivity index (χ3n) is 5.03. The van der Waals surface area contributed by atoms with Gasteiger partial charge in [0.2, 0.25) is 0 Å². The third-order valence-corrected chi connectivity index (χ3v) is 6.74. The van der Waals surface area contributed by atoms with Crippen molar-refractivity contribution in [1.82, 2.24) is 9.97 Å². The third kappa shape index (κ3) is 4.87. The van der Waals surface area contributed by atoms with Crippen molar-refractivity contribution in [2.75, 3.05) is 11.4 Å². The van der Waals surface area contributed by atoms with Gasteiger partial charge in [0.1, 0.15) is 5.75 Å². The van der Waals surface area contributed by atoms with E-state index in [9.17, 15) is 13.2 Å². The fourth-order valence-electron chi connectivity index (χ4n) is 3.29. The van der Waals surface area contributed by atoms with Crippen molar-refractivity contribution in [3.63, 3.8) is 0 Å². The first kappa shape index (κ1) is 22.9. The number of sulfonamides is 1. The largest absolute Gasteiger partial charge is 0.497 e. The molecule has 0 fully saturated rings. The number of amides is 1. The Hall–Kier alpha value is -4.30. The SMILES string of the molecule is COc1ccc(S(=O)(=O)N(C(=O)c2ccncc2)c2ccccc2C=Cc2ccncc2)cc1. The molecule has 2 aromatic heterocycles. The molecule has 0 radical (unpaired) electrons. The Morgan fingerprint density at radius 3 is 2.09 bits per heavy atom. The molecule has 4 aromatic rings. The lowest BCUT2D eigenvalue weighted by atomic mass is 10.1. The first-order chi connectivity index (χ1) is 16.5. The molecule has 4 rings (SSSR count). The van der Waals surface area contributed by atoms with Crippen molar-refractivity contribution in [3.8, 4) is 5.75 Å². The van der Waals surface area contributed by atoms with Crippen LogP contribution >= 0.6 is 0 Å². The number of rotatable bonds is 7. The summed E-state index contributed by atoms with van der Waals surface area (Å²) < 4.78 is 33.6. The van der Waals surface area contributed by atoms with Crippen LogP contribution in [0.25, 0.3) is 12.2 Å². The molecule has 170 valence electrons. The number of carbonyl (C=O) groups is 1. The second-order valence-corrected chi connectivity index (χ2v) is 8.95. The summed E-state index contributed by atoms with van der Waals surface area (Å²) in [6.45, 7) is 0. The number of hydrogen-bond donors (Lipinski definition) is 0. The van der Waals surface area contributed by atoms with Gasteiger partial charge in [-0.2, -0.15) is 4.31 Å². The Balaban J connectivity index is 1.86. The fourth-order valence-corrected chi connectivity index (χ4v) is 4.73. The lowest BCUT2D eigenvalue weighted by Gasteiger charge is -2.24. The highest BCUT2D eigenvalue weighted by molar-refractivity contribution is 7.93. The number of benzene rings is 2. The summed E-state index contributed by atoms with van der Waals surface area (Å²) in [6, 6.07) is 19.3. The molecule has 2 heterocycles. The van der Waals surface area contributed by atoms with E-state index in [-0.39, 0.29) is 16.1 Å². The Kier molecular flexibility index (Phi) is 6.79. The highest BCUT2D eigenvalue weighted by Gasteiger charge is 2.33. The first-order valence-corrected chi connectivity index (χ1v) is 11.8. The molecule has 0 unspecified atom stereocenters. The number of hydrogen-bond acceptors (Lipinski definition) is 6. The van der Waals surface area contributed by atoms with Gasteiger partial charge in [-0.1, -0.05) is 30.4 Å². The van der Waals surface area contributed by atoms with Gasteiger partial charge in [0, 0.05) is 30.4 Å². The molecule has 0 N–H and O–H groups in total. The van der Waals surface area contributed by atoms with Crippen LogP contribution in [0.15, 0.2) is 102 Å². The molecule has 0 aliphatic rings. The molecule has 2 aromatic carbocycles. The Bertz CT molecular complexity index is 1410. The summed E-state index contributed by atoms with van der Waals surface area (Å²) in [6.07, 6.45) is 9.82. The zero-order valence-corrected chi connectivity index (χ0v) is 19.1. The number of methoxy groups -OCH3 is 1. The number of pyridine rings is 2. The molecule has 0 bridgehead atoms. The standard InChI is InChI=1S/C26H21N3O4S/c1-33-23-8-10-24(11-9-23)34(31,32)29(26(30)22-14-18-28-19-15-22)25-5-3-2-4-21(25)7-6-20-12-16-27-17-13-20/h2-19H,1H3. The van der Waals surface area contributed by atoms with Gasteiger partial charge in [-0.15, -0.1) is 0 Å². The molecule has 0 aliphatic heterocycles. The van der Waals surface area contributed by atoms with Crippen LogP contribution < -0.4 is 9.04 Å². The molecule has 8 heteroatoms. The summed E-state index contributed by atoms with van der Waals surface area (Å²) in [4.78, 5) is 21.5. The van der Waals surface area contributed by atoms with Crippen LogP contribution in [0.2, 0.25) is 0 Å². The summed E-state index contributed by atoms with van der Waals surface area (Å²) in [5.41, 5.74) is 1.86. The molecule has 7 nitrogen and oxygen atoms in total. The maximum atomic E-state index is 13.8. The van der Waals surface area contributed by atoms with Gasteiger partial charge in [-0.25, -0.2) is 8.42 Å². The van der Waals surface area contributed by atoms with E-state index in [2.05, 4.69) is 9.97 Å². The average molecular weight is 472 g/mol. The predicted molar refractivity (Wildman–Crippen MR) is 131 cm³/mol. The van der Waals surface area contributed by atoms with E-state index >= 15 is 0 Å². The number of nitrogens with zero attached hydrogens (tertiary/aromatic N) is 3. The van der Waals surface area contributed by atoms with E-state index in [1.54, 1.807) is 42.7 Å². The Labute approximate surface area is 198 Å². The van der Waals surface area contributed by atoms with Crippen molar-refractivity contribution in [2.45, 2.75) is 4.90 Å². The van der Waals surface area contributed by atoms with Crippen LogP contribution in [0.1, 0.15) is 21.5 Å². The molecular weight excluding hydrogens is 450 g/mol. The van der Waals surface area contributed by atoms with Gasteiger partial charge < -0.3 is 4.74 Å². The van der Waals surface area contributed by atoms with Crippen LogP contribution in [0.3, 0.4) is 0 Å². The highest BCUT2D eigenvalue weighted by atomic mass is 32.2. The molecular formula is C26H21N3O4S. The minimum absolute atomic E-state index is 0.0383. The second kappa shape index (κ2) is 10.1. The number of ether oxygens (including phenoxy) is 1. The van der Waals surface area contributed by atoms with Crippen LogP contribution in [-0.2, 0) is 10.0 Å². The zero-order valence-electron chi connectivity index (χ0n) is 18.3. The highest BCUT2D eigenvalue weighted by Crippen LogP contribution is 2.31. The Morgan fingerprint density at radius 2 is 1.44 bits per heavy atom. The quantitative estimate of drug-likeness (QED) is 0.388. The maximum absolute atomic E-state index is 13.8. The van der Waals surface area contributed by atoms with Crippen molar-refractivity contribution in [1.29, 1.82) is 0 Å². The Morgan fingerprint density at radius 1 is 0.824 bits per heavy atom. The molecule has 1 amide bonds. The van der Waals surface area contributed by atoms with E-state index in [0.717, 1.165) is 9.87 Å². The lowest BCUT2D eigenvalue weighted by molar-refractivity contribution is 0.100. The van der Waals surface area contributed by atoms with Crippen LogP contribution in [0.5, 0.6) is 5.75 Å². The van der Waals surface area contributed by atoms with Gasteiger partial charge >= 0.3 is 0 Å². The van der Waals surface area contributed by atoms with Gasteiger partial charge in [-0.05, 0) is 65.7 Å². The summed E-state index contributed by atoms with van der Waals surface area (Å²) in [5.74, 6) is -0.186. The zero-order chi connectivity index (χ0) is 24.0. The van der Waals surface area contributed by atoms with Crippen molar-refractivity contribution >= 4 is 33.8 Å². The van der Waals surface area contributed by atoms with E-state index in [4.69, 9.17) is 4.74 Å². The molecule has 0 saturated heterocycles. The van der Waals surface area contributed by atoms with E-state index in [1.165, 1.54) is 55.9 Å². The number of aromatic nitrogens is 2. The van der Waals surface area contributed by atoms with Gasteiger partial charge in [-0.3, -0.25) is 14.8 Å². The maximum Gasteiger partial charge on any atom is 0.272 e. The smallest absolute Gasteiger partial charge is 0.272 e. The summed E-state index contributed by atoms with van der Waals surface area (Å²) >= 11 is 0. The second-order valence-electron chi connectivity index (χ2n) is 7.16. The summed E-state index contributed by atoms with van der Waals surface area (Å²) in [7, 11) is -2.77. The minimum atomic E-state index is -4.27. The monoisotopic (exact) mass is 471 g/mol. The molecule has 0 saturated carbocycles. The molecule has 0 atom stereocenters. The lowest BCUT2D eigenvalue weighted by Crippen LogP contribution is -2.37. The normalized spacial score (nSPS) is 11.3. The number of carbonyl (C=O) groups excluding carboxylic acids is 1. The summed E-state index contributed by atoms with van der Waals surface area (Å²) in [5, 5.41) is 0. The topological polar surface area (TPSA) is 89.5 Å². The van der Waals surface area contributed by atoms with Crippen molar-refractivity contribution < 1.29 is 17.9 Å². The van der Waals surface area contributed by atoms with Crippen LogP contribution in [0, 0.1) is 0 Å². The van der Waals surface area contributed by atoms with Crippen LogP contribution in [0.4, 0.5) is 5.69 Å². The average Bonchev–Trinajstić information content (AvgIpc) is 2.89. The fraction of sp³-hybridized carbons (Fsp3) is 0.0385. The van der Waals surface area contributed by atoms with Crippen LogP contribution in [-0.4, -0.2) is 31.4 Å². The first-order valence-electron chi connectivity index (χ1n) is 10.3. The van der Waals surface area contributed by atoms with Crippen molar-refractivity contribution in [2.24, 2.45) is 0 Å². The molecule has 0 aliphatic carbocycles. The van der Waals surface area contributed by atoms with E-state index < -0.39 is 15.9 Å². The number of para-hydroxylation sites is 1. The minimum Gasteiger partial charge on any atom is -0.497 e. The molecule has 34 heavy (non-hydrogen) atoms.